The zero-order chi connectivity index (χ0) is 21.5. The predicted octanol–water partition coefficient (Wildman–Crippen LogP) is 2.68. The van der Waals surface area contributed by atoms with Gasteiger partial charge in [0.15, 0.2) is 5.82 Å². The molecule has 1 aromatic carbocycles. The molecule has 2 aromatic rings. The van der Waals surface area contributed by atoms with Crippen molar-refractivity contribution >= 4 is 17.9 Å². The third-order valence-corrected chi connectivity index (χ3v) is 7.37. The summed E-state index contributed by atoms with van der Waals surface area (Å²) in [4.78, 5) is 9.05. The average Bonchev–Trinajstić information content (AvgIpc) is 3.48. The molecule has 6 rings (SSSR count). The van der Waals surface area contributed by atoms with Gasteiger partial charge in [-0.1, -0.05) is 11.6 Å². The number of nitrogens with zero attached hydrogens (tertiary/aromatic N) is 6. The van der Waals surface area contributed by atoms with Gasteiger partial charge in [-0.05, 0) is 49.1 Å². The molecule has 1 unspecified atom stereocenters. The number of halogens is 1. The van der Waals surface area contributed by atoms with E-state index in [0.29, 0.717) is 12.0 Å². The Kier molecular flexibility index (Phi) is 5.46. The van der Waals surface area contributed by atoms with E-state index in [1.54, 1.807) is 6.34 Å². The Morgan fingerprint density at radius 2 is 1.97 bits per heavy atom. The van der Waals surface area contributed by atoms with E-state index < -0.39 is 0 Å². The second-order valence-corrected chi connectivity index (χ2v) is 9.48. The maximum atomic E-state index is 6.41. The molecule has 0 amide bonds. The summed E-state index contributed by atoms with van der Waals surface area (Å²) in [6, 6.07) is 6.63. The summed E-state index contributed by atoms with van der Waals surface area (Å²) < 4.78 is 7.99. The lowest BCUT2D eigenvalue weighted by molar-refractivity contribution is 0.133. The van der Waals surface area contributed by atoms with E-state index >= 15 is 0 Å². The van der Waals surface area contributed by atoms with E-state index in [0.717, 1.165) is 75.3 Å². The summed E-state index contributed by atoms with van der Waals surface area (Å²) >= 11 is 6.41. The smallest absolute Gasteiger partial charge is 0.151 e. The van der Waals surface area contributed by atoms with Crippen molar-refractivity contribution in [2.24, 2.45) is 4.99 Å². The molecule has 1 N–H and O–H groups in total. The van der Waals surface area contributed by atoms with Crippen LogP contribution >= 0.6 is 11.6 Å². The van der Waals surface area contributed by atoms with Crippen LogP contribution in [0.15, 0.2) is 35.5 Å². The minimum atomic E-state index is 0.231. The topological polar surface area (TPSA) is 70.8 Å². The zero-order valence-corrected chi connectivity index (χ0v) is 18.8. The normalized spacial score (nSPS) is 26.5. The van der Waals surface area contributed by atoms with Crippen molar-refractivity contribution in [3.8, 4) is 5.69 Å². The lowest BCUT2D eigenvalue weighted by Crippen LogP contribution is -2.48. The van der Waals surface area contributed by atoms with Crippen molar-refractivity contribution in [3.05, 3.63) is 52.7 Å². The third kappa shape index (κ3) is 3.75. The molecule has 1 aromatic heterocycles. The van der Waals surface area contributed by atoms with Crippen LogP contribution in [0.3, 0.4) is 0 Å². The predicted molar refractivity (Wildman–Crippen MR) is 123 cm³/mol. The number of hydrogen-bond donors (Lipinski definition) is 1. The largest absolute Gasteiger partial charge is 0.380 e. The Bertz CT molecular complexity index is 1040. The van der Waals surface area contributed by atoms with Crippen LogP contribution in [0.25, 0.3) is 5.69 Å². The van der Waals surface area contributed by atoms with Crippen molar-refractivity contribution < 1.29 is 4.74 Å². The first-order valence-corrected chi connectivity index (χ1v) is 11.9. The number of aromatic nitrogens is 3. The molecule has 0 radical (unpaired) electrons. The molecule has 9 heteroatoms. The Morgan fingerprint density at radius 3 is 2.75 bits per heavy atom. The minimum Gasteiger partial charge on any atom is -0.380 e. The highest BCUT2D eigenvalue weighted by Gasteiger charge is 2.33. The number of ether oxygens (including phenoxy) is 1. The van der Waals surface area contributed by atoms with E-state index in [9.17, 15) is 0 Å². The van der Waals surface area contributed by atoms with Crippen LogP contribution < -0.4 is 5.32 Å². The van der Waals surface area contributed by atoms with Gasteiger partial charge >= 0.3 is 0 Å². The van der Waals surface area contributed by atoms with Gasteiger partial charge in [-0.2, -0.15) is 0 Å². The van der Waals surface area contributed by atoms with Crippen LogP contribution in [-0.2, 0) is 17.8 Å². The first kappa shape index (κ1) is 20.4. The van der Waals surface area contributed by atoms with Gasteiger partial charge in [-0.25, -0.2) is 4.99 Å². The fourth-order valence-corrected chi connectivity index (χ4v) is 5.59. The number of nitrogens with one attached hydrogen (secondary N) is 1. The fraction of sp³-hybridized carbons (Fsp3) is 0.522. The van der Waals surface area contributed by atoms with Crippen molar-refractivity contribution in [3.63, 3.8) is 0 Å². The van der Waals surface area contributed by atoms with Crippen LogP contribution in [0.1, 0.15) is 42.4 Å². The van der Waals surface area contributed by atoms with Gasteiger partial charge in [-0.15, -0.1) is 10.2 Å². The summed E-state index contributed by atoms with van der Waals surface area (Å²) in [6.45, 7) is 5.28. The van der Waals surface area contributed by atoms with Crippen LogP contribution in [0.4, 0.5) is 0 Å². The lowest BCUT2D eigenvalue weighted by atomic mass is 9.95. The Balaban J connectivity index is 1.29. The van der Waals surface area contributed by atoms with Crippen LogP contribution in [0.2, 0.25) is 5.02 Å². The number of benzene rings is 1. The van der Waals surface area contributed by atoms with Crippen LogP contribution in [-0.4, -0.2) is 69.4 Å². The molecule has 2 saturated heterocycles. The Morgan fingerprint density at radius 1 is 1.06 bits per heavy atom. The molecule has 168 valence electrons. The van der Waals surface area contributed by atoms with Gasteiger partial charge in [0.1, 0.15) is 12.0 Å². The first-order valence-electron chi connectivity index (χ1n) is 11.5. The molecular weight excluding hydrogens is 426 g/mol. The molecule has 8 nitrogen and oxygen atoms in total. The molecule has 2 fully saturated rings. The van der Waals surface area contributed by atoms with E-state index in [2.05, 4.69) is 48.0 Å². The zero-order valence-electron chi connectivity index (χ0n) is 18.0. The van der Waals surface area contributed by atoms with Gasteiger partial charge in [0, 0.05) is 49.4 Å². The number of piperidine rings is 1. The molecule has 0 bridgehead atoms. The minimum absolute atomic E-state index is 0.231. The Hall–Kier alpha value is -2.26. The number of fused-ring (bicyclic) bond motifs is 3. The van der Waals surface area contributed by atoms with Crippen molar-refractivity contribution in [2.75, 3.05) is 26.3 Å². The number of aliphatic imine (C=N–C) groups is 1. The standard InChI is InChI=1S/C23H28ClN7O/c24-18-1-2-20-17(11-18)12-30(19-6-10-32-14-19)13-22-27-28-23(31(20)22)16-4-8-29(9-5-16)21-3-7-25-15-26-21/h1-3,7,11,15-16,19,21H,4-6,8-10,12-14H2,(H,25,26)/t19-,21?/m0/s1. The van der Waals surface area contributed by atoms with E-state index in [4.69, 9.17) is 21.4 Å². The number of hydrogen-bond acceptors (Lipinski definition) is 7. The quantitative estimate of drug-likeness (QED) is 0.770. The van der Waals surface area contributed by atoms with Crippen molar-refractivity contribution in [2.45, 2.75) is 50.5 Å². The summed E-state index contributed by atoms with van der Waals surface area (Å²) in [5.41, 5.74) is 2.40. The van der Waals surface area contributed by atoms with Gasteiger partial charge in [0.25, 0.3) is 0 Å². The molecule has 0 aliphatic carbocycles. The van der Waals surface area contributed by atoms with E-state index in [1.807, 2.05) is 12.3 Å². The summed E-state index contributed by atoms with van der Waals surface area (Å²) in [6.07, 6.45) is 9.17. The van der Waals surface area contributed by atoms with Gasteiger partial charge < -0.3 is 10.1 Å². The van der Waals surface area contributed by atoms with Gasteiger partial charge in [-0.3, -0.25) is 14.4 Å². The van der Waals surface area contributed by atoms with Crippen molar-refractivity contribution in [1.29, 1.82) is 0 Å². The molecule has 0 saturated carbocycles. The fourth-order valence-electron chi connectivity index (χ4n) is 5.40. The maximum absolute atomic E-state index is 6.41. The maximum Gasteiger partial charge on any atom is 0.151 e. The van der Waals surface area contributed by atoms with E-state index in [1.165, 1.54) is 11.3 Å². The van der Waals surface area contributed by atoms with Crippen molar-refractivity contribution in [1.82, 2.24) is 29.9 Å². The lowest BCUT2D eigenvalue weighted by Gasteiger charge is -2.36. The van der Waals surface area contributed by atoms with Gasteiger partial charge in [0.05, 0.1) is 25.2 Å². The summed E-state index contributed by atoms with van der Waals surface area (Å²) in [5, 5.41) is 13.5. The molecule has 5 heterocycles. The summed E-state index contributed by atoms with van der Waals surface area (Å²) in [7, 11) is 0. The summed E-state index contributed by atoms with van der Waals surface area (Å²) in [5.74, 6) is 2.49. The Labute approximate surface area is 192 Å². The monoisotopic (exact) mass is 453 g/mol. The highest BCUT2D eigenvalue weighted by molar-refractivity contribution is 6.30. The average molecular weight is 454 g/mol. The molecule has 32 heavy (non-hydrogen) atoms. The highest BCUT2D eigenvalue weighted by Crippen LogP contribution is 2.34. The van der Waals surface area contributed by atoms with Crippen LogP contribution in [0.5, 0.6) is 0 Å². The molecule has 4 aliphatic rings. The molecule has 4 aliphatic heterocycles. The second-order valence-electron chi connectivity index (χ2n) is 9.05. The van der Waals surface area contributed by atoms with Crippen LogP contribution in [0, 0.1) is 0 Å². The molecule has 0 spiro atoms. The first-order chi connectivity index (χ1) is 15.8. The number of rotatable bonds is 3. The SMILES string of the molecule is Clc1ccc2c(c1)CN([C@H]1CCOC1)Cc1nnc(C3CCN(C4C=CN=CN4)CC3)n1-2. The molecular formula is C23H28ClN7O. The second kappa shape index (κ2) is 8.59. The van der Waals surface area contributed by atoms with Gasteiger partial charge in [0.2, 0.25) is 0 Å². The molecule has 2 atom stereocenters. The highest BCUT2D eigenvalue weighted by atomic mass is 35.5. The third-order valence-electron chi connectivity index (χ3n) is 7.14. The number of likely N-dealkylation sites (tertiary alicyclic amines) is 1. The van der Waals surface area contributed by atoms with E-state index in [-0.39, 0.29) is 6.17 Å².